The van der Waals surface area contributed by atoms with E-state index in [9.17, 15) is 0 Å². The van der Waals surface area contributed by atoms with Crippen LogP contribution in [-0.4, -0.2) is 39.1 Å². The molecule has 1 fully saturated rings. The van der Waals surface area contributed by atoms with Crippen LogP contribution in [0.25, 0.3) is 11.2 Å². The number of benzene rings is 1. The van der Waals surface area contributed by atoms with Crippen molar-refractivity contribution < 1.29 is 4.74 Å². The van der Waals surface area contributed by atoms with E-state index in [1.54, 1.807) is 12.7 Å². The number of nitrogens with zero attached hydrogens (tertiary/aromatic N) is 4. The lowest BCUT2D eigenvalue weighted by Crippen LogP contribution is -2.35. The smallest absolute Gasteiger partial charge is 0.162 e. The second-order valence-electron chi connectivity index (χ2n) is 5.86. The van der Waals surface area contributed by atoms with Crippen LogP contribution in [0.3, 0.4) is 0 Å². The molecule has 1 N–H and O–H groups in total. The molecule has 23 heavy (non-hydrogen) atoms. The largest absolute Gasteiger partial charge is 0.491 e. The summed E-state index contributed by atoms with van der Waals surface area (Å²) in [6.45, 7) is 3.70. The number of anilines is 1. The quantitative estimate of drug-likeness (QED) is 0.802. The van der Waals surface area contributed by atoms with Gasteiger partial charge < -0.3 is 14.6 Å². The molecule has 3 heterocycles. The van der Waals surface area contributed by atoms with Crippen molar-refractivity contribution >= 4 is 17.0 Å². The minimum atomic E-state index is 0.310. The van der Waals surface area contributed by atoms with Gasteiger partial charge in [-0.2, -0.15) is 0 Å². The molecule has 0 spiro atoms. The van der Waals surface area contributed by atoms with Gasteiger partial charge in [-0.1, -0.05) is 18.2 Å². The lowest BCUT2D eigenvalue weighted by Gasteiger charge is -2.26. The standard InChI is InChI=1S/C17H19N5O/c1-12-5-2-3-7-14(12)23-9-13-6-4-8-22(13)17-15-16(19-10-18-15)20-11-21-17/h2-3,5,7,10-11,13H,4,6,8-9H2,1H3,(H,18,19,20,21). The highest BCUT2D eigenvalue weighted by Crippen LogP contribution is 2.28. The summed E-state index contributed by atoms with van der Waals surface area (Å²) in [5, 5.41) is 0. The van der Waals surface area contributed by atoms with E-state index in [0.29, 0.717) is 12.6 Å². The van der Waals surface area contributed by atoms with Crippen molar-refractivity contribution in [2.45, 2.75) is 25.8 Å². The number of fused-ring (bicyclic) bond motifs is 1. The minimum absolute atomic E-state index is 0.310. The Morgan fingerprint density at radius 2 is 2.17 bits per heavy atom. The predicted octanol–water partition coefficient (Wildman–Crippen LogP) is 2.71. The van der Waals surface area contributed by atoms with E-state index in [4.69, 9.17) is 4.74 Å². The van der Waals surface area contributed by atoms with Gasteiger partial charge in [0.05, 0.1) is 12.4 Å². The molecule has 0 aliphatic carbocycles. The zero-order chi connectivity index (χ0) is 15.6. The molecule has 1 unspecified atom stereocenters. The second kappa shape index (κ2) is 5.87. The molecule has 0 amide bonds. The van der Waals surface area contributed by atoms with Crippen LogP contribution in [0.2, 0.25) is 0 Å². The first-order valence-corrected chi connectivity index (χ1v) is 7.92. The number of hydrogen-bond acceptors (Lipinski definition) is 5. The third-order valence-corrected chi connectivity index (χ3v) is 4.37. The zero-order valence-corrected chi connectivity index (χ0v) is 13.1. The Balaban J connectivity index is 1.55. The Bertz CT molecular complexity index is 815. The highest BCUT2D eigenvalue weighted by atomic mass is 16.5. The molecule has 2 aromatic heterocycles. The van der Waals surface area contributed by atoms with Gasteiger partial charge in [0.25, 0.3) is 0 Å². The van der Waals surface area contributed by atoms with Gasteiger partial charge in [0.15, 0.2) is 11.5 Å². The van der Waals surface area contributed by atoms with Crippen molar-refractivity contribution in [1.82, 2.24) is 19.9 Å². The highest BCUT2D eigenvalue weighted by molar-refractivity contribution is 5.83. The monoisotopic (exact) mass is 309 g/mol. The summed E-state index contributed by atoms with van der Waals surface area (Å²) < 4.78 is 6.05. The molecule has 3 aromatic rings. The molecule has 1 saturated heterocycles. The minimum Gasteiger partial charge on any atom is -0.491 e. The lowest BCUT2D eigenvalue weighted by molar-refractivity contribution is 0.286. The molecule has 1 atom stereocenters. The van der Waals surface area contributed by atoms with Crippen molar-refractivity contribution in [1.29, 1.82) is 0 Å². The van der Waals surface area contributed by atoms with Gasteiger partial charge in [-0.05, 0) is 31.4 Å². The Morgan fingerprint density at radius 1 is 1.26 bits per heavy atom. The summed E-state index contributed by atoms with van der Waals surface area (Å²) in [6.07, 6.45) is 5.49. The number of imidazole rings is 1. The van der Waals surface area contributed by atoms with Gasteiger partial charge in [-0.3, -0.25) is 0 Å². The third kappa shape index (κ3) is 2.60. The molecule has 6 nitrogen and oxygen atoms in total. The van der Waals surface area contributed by atoms with Crippen LogP contribution >= 0.6 is 0 Å². The molecular weight excluding hydrogens is 290 g/mol. The maximum Gasteiger partial charge on any atom is 0.162 e. The SMILES string of the molecule is Cc1ccccc1OCC1CCCN1c1ncnc2[nH]cnc12. The number of rotatable bonds is 4. The first kappa shape index (κ1) is 14.0. The van der Waals surface area contributed by atoms with Crippen molar-refractivity contribution in [2.75, 3.05) is 18.1 Å². The topological polar surface area (TPSA) is 66.9 Å². The van der Waals surface area contributed by atoms with Gasteiger partial charge >= 0.3 is 0 Å². The van der Waals surface area contributed by atoms with Gasteiger partial charge in [-0.15, -0.1) is 0 Å². The van der Waals surface area contributed by atoms with Gasteiger partial charge in [0.2, 0.25) is 0 Å². The van der Waals surface area contributed by atoms with E-state index >= 15 is 0 Å². The van der Waals surface area contributed by atoms with Crippen molar-refractivity contribution in [2.24, 2.45) is 0 Å². The van der Waals surface area contributed by atoms with E-state index in [-0.39, 0.29) is 0 Å². The summed E-state index contributed by atoms with van der Waals surface area (Å²) in [5.41, 5.74) is 2.77. The molecule has 118 valence electrons. The summed E-state index contributed by atoms with van der Waals surface area (Å²) >= 11 is 0. The van der Waals surface area contributed by atoms with Crippen molar-refractivity contribution in [3.63, 3.8) is 0 Å². The van der Waals surface area contributed by atoms with E-state index in [2.05, 4.69) is 37.8 Å². The molecule has 4 rings (SSSR count). The Labute approximate surface area is 134 Å². The molecule has 1 aliphatic rings. The predicted molar refractivity (Wildman–Crippen MR) is 88.7 cm³/mol. The number of aromatic amines is 1. The van der Waals surface area contributed by atoms with Gasteiger partial charge in [0.1, 0.15) is 24.2 Å². The van der Waals surface area contributed by atoms with Crippen molar-refractivity contribution in [3.05, 3.63) is 42.5 Å². The maximum atomic E-state index is 6.05. The molecule has 6 heteroatoms. The molecule has 0 saturated carbocycles. The number of hydrogen-bond donors (Lipinski definition) is 1. The molecule has 1 aromatic carbocycles. The number of para-hydroxylation sites is 1. The van der Waals surface area contributed by atoms with Gasteiger partial charge in [0, 0.05) is 6.54 Å². The summed E-state index contributed by atoms with van der Waals surface area (Å²) in [5.74, 6) is 1.85. The summed E-state index contributed by atoms with van der Waals surface area (Å²) in [4.78, 5) is 18.4. The number of aromatic nitrogens is 4. The van der Waals surface area contributed by atoms with E-state index in [1.165, 1.54) is 0 Å². The Morgan fingerprint density at radius 3 is 3.09 bits per heavy atom. The van der Waals surface area contributed by atoms with Crippen molar-refractivity contribution in [3.8, 4) is 5.75 Å². The van der Waals surface area contributed by atoms with Crippen LogP contribution in [0.15, 0.2) is 36.9 Å². The maximum absolute atomic E-state index is 6.05. The van der Waals surface area contributed by atoms with Crippen LogP contribution in [0.1, 0.15) is 18.4 Å². The van der Waals surface area contributed by atoms with Crippen LogP contribution in [0.5, 0.6) is 5.75 Å². The fourth-order valence-corrected chi connectivity index (χ4v) is 3.15. The normalized spacial score (nSPS) is 17.8. The fourth-order valence-electron chi connectivity index (χ4n) is 3.15. The fraction of sp³-hybridized carbons (Fsp3) is 0.353. The third-order valence-electron chi connectivity index (χ3n) is 4.37. The number of aryl methyl sites for hydroxylation is 1. The van der Waals surface area contributed by atoms with Crippen LogP contribution in [0, 0.1) is 6.92 Å². The first-order chi connectivity index (χ1) is 11.3. The van der Waals surface area contributed by atoms with Crippen LogP contribution in [0.4, 0.5) is 5.82 Å². The molecule has 0 radical (unpaired) electrons. The lowest BCUT2D eigenvalue weighted by atomic mass is 10.2. The second-order valence-corrected chi connectivity index (χ2v) is 5.86. The van der Waals surface area contributed by atoms with E-state index < -0.39 is 0 Å². The van der Waals surface area contributed by atoms with E-state index in [1.807, 2.05) is 18.2 Å². The van der Waals surface area contributed by atoms with Crippen LogP contribution in [-0.2, 0) is 0 Å². The zero-order valence-electron chi connectivity index (χ0n) is 13.1. The van der Waals surface area contributed by atoms with Crippen LogP contribution < -0.4 is 9.64 Å². The van der Waals surface area contributed by atoms with E-state index in [0.717, 1.165) is 47.7 Å². The highest BCUT2D eigenvalue weighted by Gasteiger charge is 2.28. The number of nitrogens with one attached hydrogen (secondary N) is 1. The Kier molecular flexibility index (Phi) is 3.57. The number of ether oxygens (including phenoxy) is 1. The summed E-state index contributed by atoms with van der Waals surface area (Å²) in [6, 6.07) is 8.43. The average molecular weight is 309 g/mol. The Hall–Kier alpha value is -2.63. The molecular formula is C17H19N5O. The average Bonchev–Trinajstić information content (AvgIpc) is 3.22. The summed E-state index contributed by atoms with van der Waals surface area (Å²) in [7, 11) is 0. The molecule has 0 bridgehead atoms. The number of H-pyrrole nitrogens is 1. The first-order valence-electron chi connectivity index (χ1n) is 7.92. The molecule has 1 aliphatic heterocycles. The van der Waals surface area contributed by atoms with Gasteiger partial charge in [-0.25, -0.2) is 15.0 Å².